The van der Waals surface area contributed by atoms with Crippen molar-refractivity contribution in [3.05, 3.63) is 16.0 Å². The van der Waals surface area contributed by atoms with Crippen LogP contribution in [0.3, 0.4) is 0 Å². The SMILES string of the molecule is Ic1cnn(C2CC3CCC2C3)c1. The molecule has 2 saturated carbocycles. The van der Waals surface area contributed by atoms with Gasteiger partial charge in [-0.25, -0.2) is 0 Å². The van der Waals surface area contributed by atoms with E-state index in [0.29, 0.717) is 0 Å². The Balaban J connectivity index is 1.87. The molecule has 2 fully saturated rings. The van der Waals surface area contributed by atoms with Crippen molar-refractivity contribution in [2.75, 3.05) is 0 Å². The largest absolute Gasteiger partial charge is 0.268 e. The molecule has 2 aliphatic carbocycles. The molecule has 0 radical (unpaired) electrons. The Hall–Kier alpha value is -0.0600. The summed E-state index contributed by atoms with van der Waals surface area (Å²) in [6.45, 7) is 0. The van der Waals surface area contributed by atoms with E-state index in [4.69, 9.17) is 0 Å². The molecular weight excluding hydrogens is 275 g/mol. The molecule has 1 aromatic heterocycles. The highest BCUT2D eigenvalue weighted by Gasteiger charge is 2.40. The van der Waals surface area contributed by atoms with Gasteiger partial charge >= 0.3 is 0 Å². The number of rotatable bonds is 1. The molecule has 3 rings (SSSR count). The van der Waals surface area contributed by atoms with Gasteiger partial charge in [-0.05, 0) is 53.7 Å². The van der Waals surface area contributed by atoms with Crippen LogP contribution >= 0.6 is 22.6 Å². The monoisotopic (exact) mass is 288 g/mol. The van der Waals surface area contributed by atoms with E-state index in [9.17, 15) is 0 Å². The second kappa shape index (κ2) is 2.97. The van der Waals surface area contributed by atoms with Crippen molar-refractivity contribution in [2.45, 2.75) is 31.7 Å². The first-order valence-electron chi connectivity index (χ1n) is 5.02. The summed E-state index contributed by atoms with van der Waals surface area (Å²) in [4.78, 5) is 0. The molecule has 2 bridgehead atoms. The van der Waals surface area contributed by atoms with E-state index in [1.807, 2.05) is 6.20 Å². The van der Waals surface area contributed by atoms with Crippen LogP contribution in [0.1, 0.15) is 31.7 Å². The van der Waals surface area contributed by atoms with Crippen LogP contribution < -0.4 is 0 Å². The maximum absolute atomic E-state index is 4.43. The van der Waals surface area contributed by atoms with E-state index in [-0.39, 0.29) is 0 Å². The molecule has 0 aromatic carbocycles. The molecule has 2 aliphatic rings. The van der Waals surface area contributed by atoms with Crippen molar-refractivity contribution >= 4 is 22.6 Å². The molecule has 0 amide bonds. The van der Waals surface area contributed by atoms with Crippen LogP contribution in [0.2, 0.25) is 0 Å². The Bertz CT molecular complexity index is 320. The van der Waals surface area contributed by atoms with E-state index >= 15 is 0 Å². The lowest BCUT2D eigenvalue weighted by molar-refractivity contribution is 0.306. The van der Waals surface area contributed by atoms with Gasteiger partial charge in [-0.3, -0.25) is 4.68 Å². The summed E-state index contributed by atoms with van der Waals surface area (Å²) in [5.74, 6) is 1.94. The maximum atomic E-state index is 4.43. The fourth-order valence-electron chi connectivity index (χ4n) is 3.03. The predicted molar refractivity (Wildman–Crippen MR) is 59.4 cm³/mol. The second-order valence-corrected chi connectivity index (χ2v) is 5.63. The summed E-state index contributed by atoms with van der Waals surface area (Å²) < 4.78 is 3.46. The van der Waals surface area contributed by atoms with Gasteiger partial charge in [0, 0.05) is 6.20 Å². The fraction of sp³-hybridized carbons (Fsp3) is 0.700. The average Bonchev–Trinajstić information content (AvgIpc) is 2.77. The minimum atomic E-state index is 0.724. The quantitative estimate of drug-likeness (QED) is 0.727. The third-order valence-electron chi connectivity index (χ3n) is 3.61. The van der Waals surface area contributed by atoms with Gasteiger partial charge in [-0.2, -0.15) is 5.10 Å². The highest BCUT2D eigenvalue weighted by atomic mass is 127. The van der Waals surface area contributed by atoms with E-state index in [1.54, 1.807) is 0 Å². The highest BCUT2D eigenvalue weighted by molar-refractivity contribution is 14.1. The smallest absolute Gasteiger partial charge is 0.0623 e. The van der Waals surface area contributed by atoms with Gasteiger partial charge in [0.15, 0.2) is 0 Å². The number of halogens is 1. The number of hydrogen-bond acceptors (Lipinski definition) is 1. The lowest BCUT2D eigenvalue weighted by atomic mass is 9.96. The zero-order valence-electron chi connectivity index (χ0n) is 7.49. The van der Waals surface area contributed by atoms with Crippen molar-refractivity contribution in [1.82, 2.24) is 9.78 Å². The van der Waals surface area contributed by atoms with Crippen molar-refractivity contribution in [3.63, 3.8) is 0 Å². The summed E-state index contributed by atoms with van der Waals surface area (Å²) in [5, 5.41) is 4.43. The van der Waals surface area contributed by atoms with Crippen LogP contribution in [0, 0.1) is 15.4 Å². The third-order valence-corrected chi connectivity index (χ3v) is 4.17. The summed E-state index contributed by atoms with van der Waals surface area (Å²) in [6, 6.07) is 0.724. The molecule has 0 aliphatic heterocycles. The van der Waals surface area contributed by atoms with Crippen LogP contribution in [0.5, 0.6) is 0 Å². The molecule has 13 heavy (non-hydrogen) atoms. The standard InChI is InChI=1S/C10H13IN2/c11-9-5-12-13(6-9)10-4-7-1-2-8(10)3-7/h5-8,10H,1-4H2. The maximum Gasteiger partial charge on any atom is 0.0623 e. The molecule has 0 N–H and O–H groups in total. The normalized spacial score (nSPS) is 37.2. The summed E-state index contributed by atoms with van der Waals surface area (Å²) in [7, 11) is 0. The topological polar surface area (TPSA) is 17.8 Å². The molecule has 3 heteroatoms. The molecule has 1 aromatic rings. The van der Waals surface area contributed by atoms with Gasteiger partial charge in [-0.15, -0.1) is 0 Å². The number of nitrogens with zero attached hydrogens (tertiary/aromatic N) is 2. The van der Waals surface area contributed by atoms with E-state index in [1.165, 1.54) is 29.3 Å². The number of hydrogen-bond donors (Lipinski definition) is 0. The summed E-state index contributed by atoms with van der Waals surface area (Å²) in [5.41, 5.74) is 0. The molecule has 3 unspecified atom stereocenters. The van der Waals surface area contributed by atoms with Gasteiger partial charge in [0.2, 0.25) is 0 Å². The van der Waals surface area contributed by atoms with Gasteiger partial charge < -0.3 is 0 Å². The molecule has 0 spiro atoms. The van der Waals surface area contributed by atoms with Crippen LogP contribution in [-0.4, -0.2) is 9.78 Å². The van der Waals surface area contributed by atoms with Gasteiger partial charge in [0.25, 0.3) is 0 Å². The lowest BCUT2D eigenvalue weighted by Gasteiger charge is -2.21. The molecule has 2 nitrogen and oxygen atoms in total. The first-order chi connectivity index (χ1) is 6.33. The Kier molecular flexibility index (Phi) is 1.89. The third kappa shape index (κ3) is 1.32. The molecule has 3 atom stereocenters. The molecule has 0 saturated heterocycles. The van der Waals surface area contributed by atoms with Gasteiger partial charge in [-0.1, -0.05) is 6.42 Å². The van der Waals surface area contributed by atoms with Crippen LogP contribution in [0.25, 0.3) is 0 Å². The predicted octanol–water partition coefficient (Wildman–Crippen LogP) is 2.85. The Labute approximate surface area is 91.8 Å². The van der Waals surface area contributed by atoms with Crippen molar-refractivity contribution in [1.29, 1.82) is 0 Å². The first kappa shape index (κ1) is 8.26. The summed E-state index contributed by atoms with van der Waals surface area (Å²) >= 11 is 2.33. The highest BCUT2D eigenvalue weighted by Crippen LogP contribution is 2.50. The van der Waals surface area contributed by atoms with Crippen molar-refractivity contribution < 1.29 is 0 Å². The molecule has 70 valence electrons. The van der Waals surface area contributed by atoms with E-state index < -0.39 is 0 Å². The zero-order valence-corrected chi connectivity index (χ0v) is 9.65. The van der Waals surface area contributed by atoms with E-state index in [0.717, 1.165) is 17.9 Å². The lowest BCUT2D eigenvalue weighted by Crippen LogP contribution is -2.16. The van der Waals surface area contributed by atoms with Gasteiger partial charge in [0.05, 0.1) is 15.8 Å². The van der Waals surface area contributed by atoms with Crippen LogP contribution in [0.4, 0.5) is 0 Å². The number of fused-ring (bicyclic) bond motifs is 2. The van der Waals surface area contributed by atoms with Gasteiger partial charge in [0.1, 0.15) is 0 Å². The minimum absolute atomic E-state index is 0.724. The van der Waals surface area contributed by atoms with E-state index in [2.05, 4.69) is 38.6 Å². The van der Waals surface area contributed by atoms with Crippen molar-refractivity contribution in [2.24, 2.45) is 11.8 Å². The zero-order chi connectivity index (χ0) is 8.84. The van der Waals surface area contributed by atoms with Crippen LogP contribution in [-0.2, 0) is 0 Å². The summed E-state index contributed by atoms with van der Waals surface area (Å²) in [6.07, 6.45) is 9.90. The Morgan fingerprint density at radius 3 is 2.85 bits per heavy atom. The Morgan fingerprint density at radius 2 is 2.31 bits per heavy atom. The first-order valence-corrected chi connectivity index (χ1v) is 6.10. The molecule has 1 heterocycles. The average molecular weight is 288 g/mol. The van der Waals surface area contributed by atoms with Crippen molar-refractivity contribution in [3.8, 4) is 0 Å². The number of aromatic nitrogens is 2. The molecular formula is C10H13IN2. The minimum Gasteiger partial charge on any atom is -0.268 e. The Morgan fingerprint density at radius 1 is 1.38 bits per heavy atom. The fourth-order valence-corrected chi connectivity index (χ4v) is 3.44. The second-order valence-electron chi connectivity index (χ2n) is 4.38. The van der Waals surface area contributed by atoms with Crippen LogP contribution in [0.15, 0.2) is 12.4 Å².